The van der Waals surface area contributed by atoms with Crippen LogP contribution < -0.4 is 15.4 Å². The number of hydrogen-bond acceptors (Lipinski definition) is 6. The Morgan fingerprint density at radius 1 is 1.17 bits per heavy atom. The Balaban J connectivity index is 1.48. The molecule has 8 nitrogen and oxygen atoms in total. The zero-order chi connectivity index (χ0) is 20.9. The fourth-order valence-corrected chi connectivity index (χ4v) is 2.25. The Hall–Kier alpha value is -3.24. The van der Waals surface area contributed by atoms with Crippen LogP contribution in [0.5, 0.6) is 5.88 Å². The first-order chi connectivity index (χ1) is 13.8. The number of nitrogens with one attached hydrogen (secondary N) is 2. The molecular weight excluding hydrogens is 391 g/mol. The number of carbonyl (C=O) groups is 2. The summed E-state index contributed by atoms with van der Waals surface area (Å²) in [6, 6.07) is 4.42. The van der Waals surface area contributed by atoms with Crippen molar-refractivity contribution in [2.24, 2.45) is 5.92 Å². The number of rotatable bonds is 8. The van der Waals surface area contributed by atoms with Gasteiger partial charge in [-0.25, -0.2) is 15.0 Å². The van der Waals surface area contributed by atoms with Gasteiger partial charge in [0.2, 0.25) is 17.7 Å². The van der Waals surface area contributed by atoms with Gasteiger partial charge in [0.25, 0.3) is 5.91 Å². The molecule has 0 aromatic carbocycles. The van der Waals surface area contributed by atoms with Crippen molar-refractivity contribution in [2.75, 3.05) is 11.9 Å². The molecule has 0 unspecified atom stereocenters. The number of anilines is 1. The standard InChI is InChI=1S/C18H18F3N5O3/c19-18(20,21)6-8-29-14-4-1-11(9-23-14)10-24-16(28)13-5-7-22-17(25-13)26-15(27)12-2-3-12/h1,4-5,7,9,12H,2-3,6,8,10H2,(H,24,28)(H,22,25,26,27). The van der Waals surface area contributed by atoms with Crippen LogP contribution in [0.3, 0.4) is 0 Å². The number of nitrogens with zero attached hydrogens (tertiary/aromatic N) is 3. The molecule has 0 radical (unpaired) electrons. The van der Waals surface area contributed by atoms with Crippen LogP contribution in [0, 0.1) is 5.92 Å². The van der Waals surface area contributed by atoms with Gasteiger partial charge in [0.1, 0.15) is 5.69 Å². The largest absolute Gasteiger partial charge is 0.477 e. The Morgan fingerprint density at radius 3 is 2.62 bits per heavy atom. The highest BCUT2D eigenvalue weighted by molar-refractivity contribution is 5.94. The van der Waals surface area contributed by atoms with Crippen LogP contribution in [0.2, 0.25) is 0 Å². The minimum absolute atomic E-state index is 0.0102. The lowest BCUT2D eigenvalue weighted by molar-refractivity contribution is -0.139. The maximum atomic E-state index is 12.2. The van der Waals surface area contributed by atoms with E-state index < -0.39 is 25.1 Å². The molecule has 0 aliphatic heterocycles. The van der Waals surface area contributed by atoms with Crippen LogP contribution in [0.25, 0.3) is 0 Å². The molecule has 2 aromatic rings. The second-order valence-corrected chi connectivity index (χ2v) is 6.43. The van der Waals surface area contributed by atoms with Crippen molar-refractivity contribution in [3.63, 3.8) is 0 Å². The highest BCUT2D eigenvalue weighted by Crippen LogP contribution is 2.29. The van der Waals surface area contributed by atoms with E-state index >= 15 is 0 Å². The molecule has 0 spiro atoms. The summed E-state index contributed by atoms with van der Waals surface area (Å²) in [6.07, 6.45) is -0.901. The normalized spacial score (nSPS) is 13.6. The lowest BCUT2D eigenvalue weighted by Crippen LogP contribution is -2.25. The molecule has 1 aliphatic carbocycles. The van der Waals surface area contributed by atoms with Gasteiger partial charge in [-0.1, -0.05) is 6.07 Å². The summed E-state index contributed by atoms with van der Waals surface area (Å²) in [7, 11) is 0. The number of amides is 2. The van der Waals surface area contributed by atoms with E-state index in [1.54, 1.807) is 6.07 Å². The summed E-state index contributed by atoms with van der Waals surface area (Å²) >= 11 is 0. The molecule has 29 heavy (non-hydrogen) atoms. The van der Waals surface area contributed by atoms with Crippen molar-refractivity contribution in [3.05, 3.63) is 41.9 Å². The molecule has 1 fully saturated rings. The summed E-state index contributed by atoms with van der Waals surface area (Å²) < 4.78 is 41.2. The smallest absolute Gasteiger partial charge is 0.392 e. The summed E-state index contributed by atoms with van der Waals surface area (Å²) in [4.78, 5) is 35.8. The van der Waals surface area contributed by atoms with E-state index in [0.717, 1.165) is 12.8 Å². The Morgan fingerprint density at radius 2 is 1.97 bits per heavy atom. The SMILES string of the molecule is O=C(NCc1ccc(OCCC(F)(F)F)nc1)c1ccnc(NC(=O)C2CC2)n1. The van der Waals surface area contributed by atoms with E-state index in [4.69, 9.17) is 4.74 Å². The molecule has 2 heterocycles. The minimum Gasteiger partial charge on any atom is -0.477 e. The van der Waals surface area contributed by atoms with E-state index in [1.807, 2.05) is 0 Å². The van der Waals surface area contributed by atoms with Crippen LogP contribution in [0.15, 0.2) is 30.6 Å². The molecule has 1 aliphatic rings. The topological polar surface area (TPSA) is 106 Å². The zero-order valence-electron chi connectivity index (χ0n) is 15.2. The third-order valence-electron chi connectivity index (χ3n) is 3.96. The van der Waals surface area contributed by atoms with Gasteiger partial charge in [-0.2, -0.15) is 13.2 Å². The Bertz CT molecular complexity index is 870. The van der Waals surface area contributed by atoms with E-state index in [0.29, 0.717) is 5.56 Å². The first-order valence-corrected chi connectivity index (χ1v) is 8.87. The van der Waals surface area contributed by atoms with E-state index in [9.17, 15) is 22.8 Å². The Labute approximate surface area is 163 Å². The van der Waals surface area contributed by atoms with Crippen LogP contribution in [-0.2, 0) is 11.3 Å². The van der Waals surface area contributed by atoms with E-state index in [1.165, 1.54) is 24.5 Å². The van der Waals surface area contributed by atoms with Crippen molar-refractivity contribution in [1.29, 1.82) is 0 Å². The lowest BCUT2D eigenvalue weighted by Gasteiger charge is -2.09. The maximum absolute atomic E-state index is 12.2. The number of ether oxygens (including phenoxy) is 1. The van der Waals surface area contributed by atoms with Crippen LogP contribution in [-0.4, -0.2) is 39.5 Å². The third kappa shape index (κ3) is 6.70. The number of carbonyl (C=O) groups excluding carboxylic acids is 2. The van der Waals surface area contributed by atoms with Gasteiger partial charge in [0, 0.05) is 30.9 Å². The number of aromatic nitrogens is 3. The first-order valence-electron chi connectivity index (χ1n) is 8.87. The summed E-state index contributed by atoms with van der Waals surface area (Å²) in [5.41, 5.74) is 0.712. The van der Waals surface area contributed by atoms with Crippen molar-refractivity contribution >= 4 is 17.8 Å². The molecule has 11 heteroatoms. The first kappa shape index (κ1) is 20.5. The van der Waals surface area contributed by atoms with Gasteiger partial charge >= 0.3 is 6.18 Å². The van der Waals surface area contributed by atoms with Crippen LogP contribution in [0.1, 0.15) is 35.3 Å². The molecule has 1 saturated carbocycles. The van der Waals surface area contributed by atoms with Crippen molar-refractivity contribution in [3.8, 4) is 5.88 Å². The third-order valence-corrected chi connectivity index (χ3v) is 3.96. The second kappa shape index (κ2) is 8.84. The van der Waals surface area contributed by atoms with Gasteiger partial charge in [-0.15, -0.1) is 0 Å². The molecule has 154 valence electrons. The number of hydrogen-bond donors (Lipinski definition) is 2. The van der Waals surface area contributed by atoms with Crippen molar-refractivity contribution in [1.82, 2.24) is 20.3 Å². The van der Waals surface area contributed by atoms with Gasteiger partial charge in [-0.05, 0) is 24.5 Å². The van der Waals surface area contributed by atoms with Gasteiger partial charge in [-0.3, -0.25) is 14.9 Å². The average Bonchev–Trinajstić information content (AvgIpc) is 3.52. The summed E-state index contributed by atoms with van der Waals surface area (Å²) in [6.45, 7) is -0.387. The van der Waals surface area contributed by atoms with Crippen LogP contribution >= 0.6 is 0 Å². The highest BCUT2D eigenvalue weighted by atomic mass is 19.4. The molecule has 2 amide bonds. The number of halogens is 3. The molecular formula is C18H18F3N5O3. The highest BCUT2D eigenvalue weighted by Gasteiger charge is 2.30. The molecule has 0 saturated heterocycles. The predicted octanol–water partition coefficient (Wildman–Crippen LogP) is 2.48. The van der Waals surface area contributed by atoms with Crippen LogP contribution in [0.4, 0.5) is 19.1 Å². The summed E-state index contributed by atoms with van der Waals surface area (Å²) in [5, 5.41) is 5.21. The molecule has 2 N–H and O–H groups in total. The molecule has 2 aromatic heterocycles. The van der Waals surface area contributed by atoms with Crippen molar-refractivity contribution < 1.29 is 27.5 Å². The summed E-state index contributed by atoms with van der Waals surface area (Å²) in [5.74, 6) is -0.511. The molecule has 0 atom stereocenters. The number of alkyl halides is 3. The second-order valence-electron chi connectivity index (χ2n) is 6.43. The van der Waals surface area contributed by atoms with Gasteiger partial charge in [0.15, 0.2) is 0 Å². The van der Waals surface area contributed by atoms with Gasteiger partial charge in [0.05, 0.1) is 13.0 Å². The number of pyridine rings is 1. The van der Waals surface area contributed by atoms with E-state index in [-0.39, 0.29) is 35.9 Å². The zero-order valence-corrected chi connectivity index (χ0v) is 15.2. The Kier molecular flexibility index (Phi) is 6.25. The van der Waals surface area contributed by atoms with E-state index in [2.05, 4.69) is 25.6 Å². The fourth-order valence-electron chi connectivity index (χ4n) is 2.25. The van der Waals surface area contributed by atoms with Crippen molar-refractivity contribution in [2.45, 2.75) is 32.0 Å². The average molecular weight is 409 g/mol. The fraction of sp³-hybridized carbons (Fsp3) is 0.389. The quantitative estimate of drug-likeness (QED) is 0.694. The molecule has 0 bridgehead atoms. The maximum Gasteiger partial charge on any atom is 0.392 e. The molecule has 3 rings (SSSR count). The van der Waals surface area contributed by atoms with Gasteiger partial charge < -0.3 is 10.1 Å². The predicted molar refractivity (Wildman–Crippen MR) is 95.0 cm³/mol. The minimum atomic E-state index is -4.29. The lowest BCUT2D eigenvalue weighted by atomic mass is 10.2. The monoisotopic (exact) mass is 409 g/mol.